The first-order valence-electron chi connectivity index (χ1n) is 9.33. The average Bonchev–Trinajstić information content (AvgIpc) is 2.56. The largest absolute Gasteiger partial charge is 0.526 e. The van der Waals surface area contributed by atoms with E-state index in [4.69, 9.17) is 9.79 Å². The Morgan fingerprint density at radius 1 is 0.808 bits per heavy atom. The summed E-state index contributed by atoms with van der Waals surface area (Å²) in [5.41, 5.74) is 0. The molecule has 0 saturated heterocycles. The van der Waals surface area contributed by atoms with Crippen molar-refractivity contribution in [2.24, 2.45) is 0 Å². The number of unbranched alkanes of at least 4 members (excludes halogenated alkanes) is 4. The second-order valence-corrected chi connectivity index (χ2v) is 7.10. The Hall–Kier alpha value is -1.42. The van der Waals surface area contributed by atoms with E-state index in [0.29, 0.717) is 12.8 Å². The molecular formula is C20H33O5P. The van der Waals surface area contributed by atoms with Gasteiger partial charge >= 0.3 is 13.8 Å². The minimum atomic E-state index is -4.70. The van der Waals surface area contributed by atoms with Crippen molar-refractivity contribution in [2.45, 2.75) is 71.1 Å². The van der Waals surface area contributed by atoms with Gasteiger partial charge in [-0.05, 0) is 44.9 Å². The highest BCUT2D eigenvalue weighted by Gasteiger charge is 2.19. The summed E-state index contributed by atoms with van der Waals surface area (Å²) in [6, 6.07) is 0. The van der Waals surface area contributed by atoms with Crippen molar-refractivity contribution in [3.8, 4) is 0 Å². The fourth-order valence-corrected chi connectivity index (χ4v) is 2.46. The van der Waals surface area contributed by atoms with E-state index in [1.54, 1.807) is 0 Å². The van der Waals surface area contributed by atoms with E-state index >= 15 is 0 Å². The molecule has 0 heterocycles. The van der Waals surface area contributed by atoms with Crippen LogP contribution in [-0.2, 0) is 13.9 Å². The lowest BCUT2D eigenvalue weighted by Gasteiger charge is -2.03. The number of carbonyl (C=O) groups is 1. The summed E-state index contributed by atoms with van der Waals surface area (Å²) < 4.78 is 14.4. The summed E-state index contributed by atoms with van der Waals surface area (Å²) in [4.78, 5) is 28.0. The monoisotopic (exact) mass is 384 g/mol. The molecule has 0 aromatic rings. The first kappa shape index (κ1) is 24.6. The van der Waals surface area contributed by atoms with E-state index in [1.165, 1.54) is 25.7 Å². The molecule has 148 valence electrons. The summed E-state index contributed by atoms with van der Waals surface area (Å²) in [5, 5.41) is 0. The Bertz CT molecular complexity index is 514. The van der Waals surface area contributed by atoms with Crippen LogP contribution in [0.15, 0.2) is 48.6 Å². The Morgan fingerprint density at radius 2 is 1.27 bits per heavy atom. The molecular weight excluding hydrogens is 351 g/mol. The van der Waals surface area contributed by atoms with Crippen LogP contribution in [-0.4, -0.2) is 15.8 Å². The zero-order valence-corrected chi connectivity index (χ0v) is 16.7. The van der Waals surface area contributed by atoms with Gasteiger partial charge in [-0.1, -0.05) is 68.4 Å². The van der Waals surface area contributed by atoms with Crippen LogP contribution in [0.5, 0.6) is 0 Å². The minimum Gasteiger partial charge on any atom is -0.371 e. The molecule has 0 amide bonds. The van der Waals surface area contributed by atoms with Gasteiger partial charge in [0.2, 0.25) is 0 Å². The zero-order valence-electron chi connectivity index (χ0n) is 15.8. The number of phosphoric ester groups is 1. The fraction of sp³-hybridized carbons (Fsp3) is 0.550. The molecule has 0 bridgehead atoms. The molecule has 0 saturated carbocycles. The SMILES string of the molecule is CCCCCC=CCC=CCC=CCC=CCCCC(=O)OP(=O)(O)O. The lowest BCUT2D eigenvalue weighted by Crippen LogP contribution is -2.01. The molecule has 0 aliphatic rings. The number of hydrogen-bond donors (Lipinski definition) is 2. The first-order valence-corrected chi connectivity index (χ1v) is 10.9. The predicted octanol–water partition coefficient (Wildman–Crippen LogP) is 5.77. The molecule has 5 nitrogen and oxygen atoms in total. The lowest BCUT2D eigenvalue weighted by atomic mass is 10.2. The van der Waals surface area contributed by atoms with E-state index in [0.717, 1.165) is 19.3 Å². The summed E-state index contributed by atoms with van der Waals surface area (Å²) >= 11 is 0. The Labute approximate surface area is 157 Å². The van der Waals surface area contributed by atoms with Crippen LogP contribution in [0.4, 0.5) is 0 Å². The summed E-state index contributed by atoms with van der Waals surface area (Å²) in [5.74, 6) is -0.866. The third kappa shape index (κ3) is 20.6. The number of carbonyl (C=O) groups excluding carboxylic acids is 1. The third-order valence-corrected chi connectivity index (χ3v) is 3.87. The van der Waals surface area contributed by atoms with Crippen LogP contribution in [0, 0.1) is 0 Å². The van der Waals surface area contributed by atoms with Crippen LogP contribution in [0.3, 0.4) is 0 Å². The standard InChI is InChI=1S/C20H33O5P/c1-2-3-4-5-6-7-8-9-10-11-12-13-14-15-16-17-18-19-20(21)25-26(22,23)24/h6-7,9-10,12-13,15-16H,2-5,8,11,14,17-19H2,1H3,(H2,22,23,24). The van der Waals surface area contributed by atoms with E-state index in [9.17, 15) is 9.36 Å². The van der Waals surface area contributed by atoms with Gasteiger partial charge in [0.25, 0.3) is 0 Å². The highest BCUT2D eigenvalue weighted by Crippen LogP contribution is 2.36. The molecule has 0 rings (SSSR count). The van der Waals surface area contributed by atoms with Gasteiger partial charge in [-0.2, -0.15) is 0 Å². The Morgan fingerprint density at radius 3 is 1.73 bits per heavy atom. The molecule has 0 radical (unpaired) electrons. The summed E-state index contributed by atoms with van der Waals surface area (Å²) in [7, 11) is -4.70. The molecule has 2 N–H and O–H groups in total. The van der Waals surface area contributed by atoms with E-state index in [1.807, 2.05) is 12.2 Å². The van der Waals surface area contributed by atoms with Gasteiger partial charge < -0.3 is 4.52 Å². The fourth-order valence-electron chi connectivity index (χ4n) is 2.10. The van der Waals surface area contributed by atoms with Gasteiger partial charge in [0.05, 0.1) is 0 Å². The highest BCUT2D eigenvalue weighted by molar-refractivity contribution is 7.46. The average molecular weight is 384 g/mol. The van der Waals surface area contributed by atoms with Crippen molar-refractivity contribution in [3.63, 3.8) is 0 Å². The smallest absolute Gasteiger partial charge is 0.371 e. The maximum atomic E-state index is 11.1. The number of phosphoric acid groups is 1. The zero-order chi connectivity index (χ0) is 19.5. The molecule has 0 spiro atoms. The van der Waals surface area contributed by atoms with Gasteiger partial charge in [0.15, 0.2) is 0 Å². The van der Waals surface area contributed by atoms with Gasteiger partial charge in [0.1, 0.15) is 0 Å². The summed E-state index contributed by atoms with van der Waals surface area (Å²) in [6.07, 6.45) is 25.9. The van der Waals surface area contributed by atoms with Crippen LogP contribution in [0.1, 0.15) is 71.1 Å². The predicted molar refractivity (Wildman–Crippen MR) is 107 cm³/mol. The van der Waals surface area contributed by atoms with Crippen LogP contribution < -0.4 is 0 Å². The highest BCUT2D eigenvalue weighted by atomic mass is 31.2. The van der Waals surface area contributed by atoms with Gasteiger partial charge in [-0.15, -0.1) is 0 Å². The number of allylic oxidation sites excluding steroid dienone is 8. The molecule has 0 unspecified atom stereocenters. The molecule has 6 heteroatoms. The van der Waals surface area contributed by atoms with E-state index < -0.39 is 13.8 Å². The third-order valence-electron chi connectivity index (χ3n) is 3.43. The van der Waals surface area contributed by atoms with Crippen molar-refractivity contribution in [1.82, 2.24) is 0 Å². The van der Waals surface area contributed by atoms with Crippen molar-refractivity contribution in [1.29, 1.82) is 0 Å². The van der Waals surface area contributed by atoms with Crippen molar-refractivity contribution >= 4 is 13.8 Å². The number of hydrogen-bond acceptors (Lipinski definition) is 3. The molecule has 0 atom stereocenters. The van der Waals surface area contributed by atoms with Crippen LogP contribution in [0.2, 0.25) is 0 Å². The minimum absolute atomic E-state index is 0.00311. The Balaban J connectivity index is 3.54. The van der Waals surface area contributed by atoms with Crippen molar-refractivity contribution < 1.29 is 23.7 Å². The van der Waals surface area contributed by atoms with E-state index in [2.05, 4.69) is 47.9 Å². The van der Waals surface area contributed by atoms with E-state index in [-0.39, 0.29) is 6.42 Å². The second kappa shape index (κ2) is 17.0. The van der Waals surface area contributed by atoms with Gasteiger partial charge in [0, 0.05) is 6.42 Å². The van der Waals surface area contributed by atoms with Crippen LogP contribution >= 0.6 is 7.82 Å². The summed E-state index contributed by atoms with van der Waals surface area (Å²) in [6.45, 7) is 2.21. The second-order valence-electron chi connectivity index (χ2n) is 5.93. The lowest BCUT2D eigenvalue weighted by molar-refractivity contribution is -0.135. The molecule has 0 fully saturated rings. The molecule has 0 aliphatic heterocycles. The molecule has 26 heavy (non-hydrogen) atoms. The molecule has 0 aromatic carbocycles. The maximum absolute atomic E-state index is 11.1. The van der Waals surface area contributed by atoms with Crippen molar-refractivity contribution in [3.05, 3.63) is 48.6 Å². The molecule has 0 aromatic heterocycles. The maximum Gasteiger partial charge on any atom is 0.526 e. The topological polar surface area (TPSA) is 83.8 Å². The first-order chi connectivity index (χ1) is 12.5. The number of rotatable bonds is 15. The van der Waals surface area contributed by atoms with Gasteiger partial charge in [-0.25, -0.2) is 4.57 Å². The molecule has 0 aliphatic carbocycles. The van der Waals surface area contributed by atoms with Crippen LogP contribution in [0.25, 0.3) is 0 Å². The quantitative estimate of drug-likeness (QED) is 0.213. The Kier molecular flexibility index (Phi) is 16.1. The van der Waals surface area contributed by atoms with Crippen molar-refractivity contribution in [2.75, 3.05) is 0 Å². The normalized spacial score (nSPS) is 12.9. The van der Waals surface area contributed by atoms with Gasteiger partial charge in [-0.3, -0.25) is 14.6 Å².